The number of halogens is 1. The highest BCUT2D eigenvalue weighted by atomic mass is 79.9. The van der Waals surface area contributed by atoms with Crippen LogP contribution in [0.3, 0.4) is 0 Å². The van der Waals surface area contributed by atoms with Gasteiger partial charge in [-0.1, -0.05) is 120 Å². The number of fused-ring (bicyclic) bond motifs is 3. The molecule has 0 aliphatic carbocycles. The van der Waals surface area contributed by atoms with Crippen LogP contribution in [-0.2, 0) is 6.54 Å². The molecule has 0 aliphatic heterocycles. The highest BCUT2D eigenvalue weighted by molar-refractivity contribution is 7.16. The van der Waals surface area contributed by atoms with Crippen molar-refractivity contribution in [3.63, 3.8) is 0 Å². The van der Waals surface area contributed by atoms with E-state index in [-0.39, 0.29) is 17.0 Å². The van der Waals surface area contributed by atoms with Gasteiger partial charge in [-0.3, -0.25) is 0 Å². The normalized spacial score (nSPS) is 11.2. The molecule has 1 nitrogen and oxygen atoms in total. The molecular formula is C27H40BrNS. The predicted molar refractivity (Wildman–Crippen MR) is 130 cm³/mol. The molecule has 1 heterocycles. The van der Waals surface area contributed by atoms with Crippen LogP contribution in [0.4, 0.5) is 0 Å². The van der Waals surface area contributed by atoms with E-state index in [1.54, 1.807) is 0 Å². The van der Waals surface area contributed by atoms with Gasteiger partial charge in [0.1, 0.15) is 11.2 Å². The first kappa shape index (κ1) is 25.3. The Hall–Kier alpha value is -0.930. The van der Waals surface area contributed by atoms with Crippen LogP contribution in [0.5, 0.6) is 0 Å². The maximum atomic E-state index is 2.49. The van der Waals surface area contributed by atoms with Crippen molar-refractivity contribution in [2.75, 3.05) is 0 Å². The van der Waals surface area contributed by atoms with Gasteiger partial charge in [-0.05, 0) is 23.9 Å². The van der Waals surface area contributed by atoms with Gasteiger partial charge in [-0.15, -0.1) is 0 Å². The number of aromatic nitrogens is 1. The van der Waals surface area contributed by atoms with E-state index in [0.717, 1.165) is 6.54 Å². The van der Waals surface area contributed by atoms with Crippen LogP contribution < -0.4 is 21.5 Å². The highest BCUT2D eigenvalue weighted by Crippen LogP contribution is 2.26. The van der Waals surface area contributed by atoms with Crippen molar-refractivity contribution in [2.45, 2.75) is 103 Å². The molecule has 0 N–H and O–H groups in total. The van der Waals surface area contributed by atoms with Gasteiger partial charge in [0.05, 0.1) is 5.39 Å². The molecule has 3 heteroatoms. The van der Waals surface area contributed by atoms with Gasteiger partial charge in [-0.25, -0.2) is 0 Å². The summed E-state index contributed by atoms with van der Waals surface area (Å²) in [5, 5.41) is 2.75. The standard InChI is InChI=1S/C27H40NS.BrH/c1-2-3-4-5-6-7-8-9-10-11-12-13-14-17-22-28-23-29-26-21-20-24-18-15-16-19-25(24)27(26)28;/h15-16,18-21,23H,2-14,17,22H2,1H3;1H/q+1;/p-1. The third-order valence-electron chi connectivity index (χ3n) is 6.21. The first-order valence-corrected chi connectivity index (χ1v) is 13.1. The fraction of sp³-hybridized carbons (Fsp3) is 0.593. The third-order valence-corrected chi connectivity index (χ3v) is 7.15. The molecule has 0 radical (unpaired) electrons. The lowest BCUT2D eigenvalue weighted by molar-refractivity contribution is -0.666. The molecule has 1 aromatic heterocycles. The topological polar surface area (TPSA) is 3.88 Å². The van der Waals surface area contributed by atoms with Crippen molar-refractivity contribution in [1.29, 1.82) is 0 Å². The lowest BCUT2D eigenvalue weighted by Crippen LogP contribution is -3.00. The zero-order valence-electron chi connectivity index (χ0n) is 18.9. The average molecular weight is 491 g/mol. The number of unbranched alkanes of at least 4 members (excludes halogenated alkanes) is 13. The lowest BCUT2D eigenvalue weighted by Gasteiger charge is -2.03. The summed E-state index contributed by atoms with van der Waals surface area (Å²) in [6.45, 7) is 3.46. The van der Waals surface area contributed by atoms with Gasteiger partial charge in [0.2, 0.25) is 11.0 Å². The first-order chi connectivity index (χ1) is 14.4. The second kappa shape index (κ2) is 15.0. The Morgan fingerprint density at radius 2 is 1.23 bits per heavy atom. The molecule has 0 bridgehead atoms. The van der Waals surface area contributed by atoms with Crippen LogP contribution in [0.25, 0.3) is 21.0 Å². The van der Waals surface area contributed by atoms with Gasteiger partial charge in [0.15, 0.2) is 0 Å². The zero-order chi connectivity index (χ0) is 20.2. The van der Waals surface area contributed by atoms with E-state index in [1.165, 1.54) is 111 Å². The largest absolute Gasteiger partial charge is 1.00 e. The minimum Gasteiger partial charge on any atom is -1.00 e. The highest BCUT2D eigenvalue weighted by Gasteiger charge is 2.14. The van der Waals surface area contributed by atoms with Crippen molar-refractivity contribution < 1.29 is 21.5 Å². The van der Waals surface area contributed by atoms with Crippen LogP contribution in [-0.4, -0.2) is 0 Å². The Bertz CT molecular complexity index is 841. The van der Waals surface area contributed by atoms with E-state index in [9.17, 15) is 0 Å². The monoisotopic (exact) mass is 489 g/mol. The van der Waals surface area contributed by atoms with Gasteiger partial charge >= 0.3 is 0 Å². The molecule has 0 fully saturated rings. The third kappa shape index (κ3) is 7.96. The molecule has 0 saturated heterocycles. The van der Waals surface area contributed by atoms with Crippen LogP contribution in [0.15, 0.2) is 41.9 Å². The molecule has 3 aromatic rings. The van der Waals surface area contributed by atoms with E-state index in [4.69, 9.17) is 0 Å². The first-order valence-electron chi connectivity index (χ1n) is 12.2. The number of hydrogen-bond acceptors (Lipinski definition) is 1. The number of hydrogen-bond donors (Lipinski definition) is 0. The molecule has 3 rings (SSSR count). The number of benzene rings is 2. The number of thiazole rings is 1. The number of nitrogens with zero attached hydrogens (tertiary/aromatic N) is 1. The van der Waals surface area contributed by atoms with E-state index in [1.807, 2.05) is 11.3 Å². The van der Waals surface area contributed by atoms with Gasteiger partial charge in [-0.2, -0.15) is 4.57 Å². The van der Waals surface area contributed by atoms with Crippen molar-refractivity contribution >= 4 is 32.3 Å². The second-order valence-corrected chi connectivity index (χ2v) is 9.53. The van der Waals surface area contributed by atoms with Crippen LogP contribution >= 0.6 is 11.3 Å². The second-order valence-electron chi connectivity index (χ2n) is 8.65. The molecule has 166 valence electrons. The van der Waals surface area contributed by atoms with Crippen molar-refractivity contribution in [1.82, 2.24) is 0 Å². The molecule has 0 atom stereocenters. The molecule has 2 aromatic carbocycles. The summed E-state index contributed by atoms with van der Waals surface area (Å²) in [5.74, 6) is 0. The fourth-order valence-corrected chi connectivity index (χ4v) is 5.38. The van der Waals surface area contributed by atoms with Crippen molar-refractivity contribution in [3.05, 3.63) is 41.9 Å². The summed E-state index contributed by atoms with van der Waals surface area (Å²) >= 11 is 1.88. The predicted octanol–water partition coefficient (Wildman–Crippen LogP) is 5.83. The summed E-state index contributed by atoms with van der Waals surface area (Å²) in [6.07, 6.45) is 19.9. The molecular weight excluding hydrogens is 450 g/mol. The van der Waals surface area contributed by atoms with Gasteiger partial charge in [0, 0.05) is 6.42 Å². The van der Waals surface area contributed by atoms with Crippen molar-refractivity contribution in [3.8, 4) is 0 Å². The molecule has 0 amide bonds. The Morgan fingerprint density at radius 1 is 0.667 bits per heavy atom. The summed E-state index contributed by atoms with van der Waals surface area (Å²) < 4.78 is 3.90. The SMILES string of the molecule is CCCCCCCCCCCCCCCC[n+]1csc2ccc3ccccc3c21.[Br-]. The van der Waals surface area contributed by atoms with E-state index in [2.05, 4.69) is 53.4 Å². The quantitative estimate of drug-likeness (QED) is 0.187. The van der Waals surface area contributed by atoms with E-state index < -0.39 is 0 Å². The maximum absolute atomic E-state index is 2.49. The average Bonchev–Trinajstić information content (AvgIpc) is 3.17. The minimum absolute atomic E-state index is 0. The Morgan fingerprint density at radius 3 is 1.87 bits per heavy atom. The smallest absolute Gasteiger partial charge is 0.231 e. The number of aryl methyl sites for hydroxylation is 1. The van der Waals surface area contributed by atoms with Crippen LogP contribution in [0, 0.1) is 0 Å². The maximum Gasteiger partial charge on any atom is 0.231 e. The van der Waals surface area contributed by atoms with E-state index in [0.29, 0.717) is 0 Å². The molecule has 30 heavy (non-hydrogen) atoms. The van der Waals surface area contributed by atoms with Crippen LogP contribution in [0.2, 0.25) is 0 Å². The van der Waals surface area contributed by atoms with E-state index >= 15 is 0 Å². The van der Waals surface area contributed by atoms with Gasteiger partial charge in [0.25, 0.3) is 0 Å². The minimum atomic E-state index is 0. The van der Waals surface area contributed by atoms with Crippen molar-refractivity contribution in [2.24, 2.45) is 0 Å². The molecule has 0 unspecified atom stereocenters. The molecule has 0 spiro atoms. The van der Waals surface area contributed by atoms with Gasteiger partial charge < -0.3 is 17.0 Å². The summed E-state index contributed by atoms with van der Waals surface area (Å²) in [7, 11) is 0. The lowest BCUT2D eigenvalue weighted by atomic mass is 10.0. The summed E-state index contributed by atoms with van der Waals surface area (Å²) in [4.78, 5) is 0. The Labute approximate surface area is 198 Å². The molecule has 0 aliphatic rings. The molecule has 0 saturated carbocycles. The Balaban J connectivity index is 0.00000320. The number of rotatable bonds is 15. The summed E-state index contributed by atoms with van der Waals surface area (Å²) in [6, 6.07) is 13.3. The summed E-state index contributed by atoms with van der Waals surface area (Å²) in [5.41, 5.74) is 3.75. The van der Waals surface area contributed by atoms with Crippen LogP contribution in [0.1, 0.15) is 96.8 Å². The Kier molecular flexibility index (Phi) is 12.6. The zero-order valence-corrected chi connectivity index (χ0v) is 21.3. The fourth-order valence-electron chi connectivity index (χ4n) is 4.44.